The topological polar surface area (TPSA) is 76.5 Å². The molecule has 0 atom stereocenters. The molecule has 3 aromatic rings. The highest BCUT2D eigenvalue weighted by molar-refractivity contribution is 5.83. The van der Waals surface area contributed by atoms with E-state index in [0.717, 1.165) is 42.8 Å². The van der Waals surface area contributed by atoms with Gasteiger partial charge in [-0.2, -0.15) is 0 Å². The Hall–Kier alpha value is -3.40. The third kappa shape index (κ3) is 6.49. The van der Waals surface area contributed by atoms with E-state index in [1.165, 1.54) is 19.3 Å². The lowest BCUT2D eigenvalue weighted by Gasteiger charge is -2.26. The molecule has 0 saturated carbocycles. The Morgan fingerprint density at radius 3 is 2.46 bits per heavy atom. The molecule has 1 aromatic heterocycles. The van der Waals surface area contributed by atoms with E-state index in [-0.39, 0.29) is 28.3 Å². The summed E-state index contributed by atoms with van der Waals surface area (Å²) in [6, 6.07) is 6.12. The third-order valence-corrected chi connectivity index (χ3v) is 6.26. The number of hydrogen-bond donors (Lipinski definition) is 1. The monoisotopic (exact) mass is 516 g/mol. The summed E-state index contributed by atoms with van der Waals surface area (Å²) >= 11 is 0. The van der Waals surface area contributed by atoms with Crippen LogP contribution < -0.4 is 15.6 Å². The number of halogens is 3. The molecular formula is C27H31F3N4O3. The van der Waals surface area contributed by atoms with E-state index < -0.39 is 35.5 Å². The minimum absolute atomic E-state index is 0.149. The molecule has 4 rings (SSSR count). The number of likely N-dealkylation sites (tertiary alicyclic amines) is 1. The molecule has 2 aromatic carbocycles. The number of aromatic nitrogens is 2. The number of amides is 1. The number of hydrogen-bond acceptors (Lipinski definition) is 5. The number of nitrogens with one attached hydrogen (secondary N) is 1. The largest absolute Gasteiger partial charge is 0.494 e. The zero-order valence-electron chi connectivity index (χ0n) is 21.0. The van der Waals surface area contributed by atoms with Crippen molar-refractivity contribution < 1.29 is 22.7 Å². The van der Waals surface area contributed by atoms with E-state index >= 15 is 0 Å². The fourth-order valence-electron chi connectivity index (χ4n) is 4.51. The maximum absolute atomic E-state index is 14.0. The van der Waals surface area contributed by atoms with Gasteiger partial charge in [0.15, 0.2) is 17.5 Å². The molecule has 0 radical (unpaired) electrons. The van der Waals surface area contributed by atoms with Crippen LogP contribution in [0.15, 0.2) is 35.1 Å². The molecule has 37 heavy (non-hydrogen) atoms. The highest BCUT2D eigenvalue weighted by Crippen LogP contribution is 2.25. The normalized spacial score (nSPS) is 14.3. The van der Waals surface area contributed by atoms with Crippen LogP contribution in [0, 0.1) is 17.5 Å². The van der Waals surface area contributed by atoms with Gasteiger partial charge in [0.25, 0.3) is 5.56 Å². The number of carbonyl (C=O) groups is 1. The molecule has 1 N–H and O–H groups in total. The van der Waals surface area contributed by atoms with Gasteiger partial charge in [0.2, 0.25) is 5.91 Å². The molecule has 0 aliphatic carbocycles. The maximum atomic E-state index is 14.0. The zero-order chi connectivity index (χ0) is 26.5. The minimum Gasteiger partial charge on any atom is -0.494 e. The van der Waals surface area contributed by atoms with Gasteiger partial charge in [-0.3, -0.25) is 14.2 Å². The molecule has 0 unspecified atom stereocenters. The summed E-state index contributed by atoms with van der Waals surface area (Å²) in [7, 11) is 0. The van der Waals surface area contributed by atoms with Crippen molar-refractivity contribution in [2.24, 2.45) is 0 Å². The molecule has 0 spiro atoms. The second kappa shape index (κ2) is 11.8. The van der Waals surface area contributed by atoms with Crippen LogP contribution in [0.3, 0.4) is 0 Å². The van der Waals surface area contributed by atoms with Gasteiger partial charge in [0.1, 0.15) is 18.1 Å². The molecular weight excluding hydrogens is 485 g/mol. The van der Waals surface area contributed by atoms with Gasteiger partial charge in [0, 0.05) is 18.2 Å². The molecule has 0 bridgehead atoms. The van der Waals surface area contributed by atoms with Crippen LogP contribution in [0.25, 0.3) is 22.3 Å². The molecule has 198 valence electrons. The fourth-order valence-corrected chi connectivity index (χ4v) is 4.51. The number of rotatable bonds is 9. The Kier molecular flexibility index (Phi) is 8.48. The zero-order valence-corrected chi connectivity index (χ0v) is 21.0. The third-order valence-electron chi connectivity index (χ3n) is 6.26. The van der Waals surface area contributed by atoms with E-state index in [0.29, 0.717) is 12.4 Å². The van der Waals surface area contributed by atoms with Crippen molar-refractivity contribution in [2.45, 2.75) is 52.1 Å². The molecule has 1 amide bonds. The lowest BCUT2D eigenvalue weighted by Crippen LogP contribution is -2.37. The number of piperidine rings is 1. The van der Waals surface area contributed by atoms with Gasteiger partial charge in [0.05, 0.1) is 17.5 Å². The minimum atomic E-state index is -1.63. The second-order valence-corrected chi connectivity index (χ2v) is 9.59. The molecule has 1 aliphatic rings. The first-order valence-electron chi connectivity index (χ1n) is 12.6. The highest BCUT2D eigenvalue weighted by atomic mass is 19.2. The van der Waals surface area contributed by atoms with Crippen molar-refractivity contribution in [3.8, 4) is 17.1 Å². The summed E-state index contributed by atoms with van der Waals surface area (Å²) < 4.78 is 48.5. The maximum Gasteiger partial charge on any atom is 0.262 e. The van der Waals surface area contributed by atoms with E-state index in [4.69, 9.17) is 4.74 Å². The van der Waals surface area contributed by atoms with Crippen LogP contribution in [0.2, 0.25) is 0 Å². The van der Waals surface area contributed by atoms with Gasteiger partial charge in [-0.05, 0) is 76.5 Å². The number of benzene rings is 2. The van der Waals surface area contributed by atoms with E-state index in [9.17, 15) is 22.8 Å². The summed E-state index contributed by atoms with van der Waals surface area (Å²) in [5.41, 5.74) is -0.486. The van der Waals surface area contributed by atoms with E-state index in [1.54, 1.807) is 32.0 Å². The second-order valence-electron chi connectivity index (χ2n) is 9.59. The van der Waals surface area contributed by atoms with Crippen molar-refractivity contribution in [3.05, 3.63) is 58.1 Å². The van der Waals surface area contributed by atoms with Gasteiger partial charge >= 0.3 is 0 Å². The predicted octanol–water partition coefficient (Wildman–Crippen LogP) is 4.26. The molecule has 1 aliphatic heterocycles. The lowest BCUT2D eigenvalue weighted by molar-refractivity contribution is -0.122. The Morgan fingerprint density at radius 2 is 1.78 bits per heavy atom. The van der Waals surface area contributed by atoms with Crippen LogP contribution in [0.5, 0.6) is 5.75 Å². The van der Waals surface area contributed by atoms with E-state index in [1.807, 2.05) is 0 Å². The first kappa shape index (κ1) is 26.7. The van der Waals surface area contributed by atoms with Crippen molar-refractivity contribution >= 4 is 16.8 Å². The Bertz CT molecular complexity index is 1310. The molecule has 1 saturated heterocycles. The average molecular weight is 517 g/mol. The Labute approximate surface area is 213 Å². The van der Waals surface area contributed by atoms with Gasteiger partial charge in [-0.1, -0.05) is 6.42 Å². The number of nitrogens with zero attached hydrogens (tertiary/aromatic N) is 3. The van der Waals surface area contributed by atoms with Crippen molar-refractivity contribution in [1.82, 2.24) is 19.8 Å². The van der Waals surface area contributed by atoms with Gasteiger partial charge < -0.3 is 15.0 Å². The lowest BCUT2D eigenvalue weighted by atomic mass is 10.1. The summed E-state index contributed by atoms with van der Waals surface area (Å²) in [5.74, 6) is -4.61. The molecule has 7 nitrogen and oxygen atoms in total. The van der Waals surface area contributed by atoms with Gasteiger partial charge in [-0.25, -0.2) is 18.2 Å². The van der Waals surface area contributed by atoms with Crippen LogP contribution in [-0.2, 0) is 11.3 Å². The Morgan fingerprint density at radius 1 is 1.08 bits per heavy atom. The number of fused-ring (bicyclic) bond motifs is 1. The smallest absolute Gasteiger partial charge is 0.262 e. The quantitative estimate of drug-likeness (QED) is 0.340. The van der Waals surface area contributed by atoms with Crippen molar-refractivity contribution in [1.29, 1.82) is 0 Å². The summed E-state index contributed by atoms with van der Waals surface area (Å²) in [6.45, 7) is 6.73. The van der Waals surface area contributed by atoms with Crippen LogP contribution in [0.4, 0.5) is 13.2 Å². The molecule has 2 heterocycles. The van der Waals surface area contributed by atoms with Crippen molar-refractivity contribution in [3.63, 3.8) is 0 Å². The Balaban J connectivity index is 1.64. The first-order chi connectivity index (χ1) is 17.7. The average Bonchev–Trinajstić information content (AvgIpc) is 2.86. The predicted molar refractivity (Wildman–Crippen MR) is 135 cm³/mol. The standard InChI is InChI=1S/C27H31F3N4O3/c1-17(2)31-24(35)16-34-26(18-13-21(28)25(30)22(29)14-18)32-23-8-7-19(15-20(23)27(34)36)37-12-6-11-33-9-4-3-5-10-33/h7-8,13-15,17H,3-6,9-12,16H2,1-2H3,(H,31,35). The van der Waals surface area contributed by atoms with Crippen LogP contribution in [-0.4, -0.2) is 52.6 Å². The van der Waals surface area contributed by atoms with Crippen LogP contribution >= 0.6 is 0 Å². The molecule has 10 heteroatoms. The summed E-state index contributed by atoms with van der Waals surface area (Å²) in [5, 5.41) is 2.88. The SMILES string of the molecule is CC(C)NC(=O)Cn1c(-c2cc(F)c(F)c(F)c2)nc2ccc(OCCCN3CCCCC3)cc2c1=O. The summed E-state index contributed by atoms with van der Waals surface area (Å²) in [4.78, 5) is 32.8. The number of carbonyl (C=O) groups excluding carboxylic acids is 1. The van der Waals surface area contributed by atoms with Crippen molar-refractivity contribution in [2.75, 3.05) is 26.2 Å². The fraction of sp³-hybridized carbons (Fsp3) is 0.444. The highest BCUT2D eigenvalue weighted by Gasteiger charge is 2.20. The summed E-state index contributed by atoms with van der Waals surface area (Å²) in [6.07, 6.45) is 4.57. The van der Waals surface area contributed by atoms with E-state index in [2.05, 4.69) is 15.2 Å². The molecule has 1 fully saturated rings. The van der Waals surface area contributed by atoms with Gasteiger partial charge in [-0.15, -0.1) is 0 Å². The number of ether oxygens (including phenoxy) is 1. The first-order valence-corrected chi connectivity index (χ1v) is 12.6. The van der Waals surface area contributed by atoms with Crippen LogP contribution in [0.1, 0.15) is 39.5 Å².